The lowest BCUT2D eigenvalue weighted by Crippen LogP contribution is -2.62. The minimum atomic E-state index is -2.06. The first kappa shape index (κ1) is 54.6. The van der Waals surface area contributed by atoms with Crippen LogP contribution in [-0.2, 0) is 52.3 Å². The van der Waals surface area contributed by atoms with Gasteiger partial charge in [-0.05, 0) is 76.6 Å². The summed E-state index contributed by atoms with van der Waals surface area (Å²) in [5.74, 6) is -4.46. The van der Waals surface area contributed by atoms with Crippen molar-refractivity contribution in [2.75, 3.05) is 25.1 Å². The fourth-order valence-corrected chi connectivity index (χ4v) is 8.27. The maximum Gasteiger partial charge on any atom is 0.509 e. The van der Waals surface area contributed by atoms with E-state index in [0.717, 1.165) is 11.8 Å². The number of ether oxygens (including phenoxy) is 7. The number of carbonyl (C=O) groups excluding carboxylic acids is 8. The SMILES string of the molecule is CC(C)(C)OC(=O)N[C@H](COC(=O)Nc1ccc(C(OC(=O)OCC(Cl)(Cl)Cl)C(=O)NC2SC3=[N+](C(=O)C3)C(C(=O)OC(c3ccccc3)c3ccccc3)C2COC(N)=O)cc1)C(=O)OC(C)(C)C. The zero-order chi connectivity index (χ0) is 51.6. The van der Waals surface area contributed by atoms with E-state index >= 15 is 0 Å². The molecule has 24 heteroatoms. The molecular weight excluding hydrogens is 1000 g/mol. The number of halogens is 3. The maximum absolute atomic E-state index is 14.5. The van der Waals surface area contributed by atoms with Gasteiger partial charge in [0, 0.05) is 11.3 Å². The Kier molecular flexibility index (Phi) is 18.4. The summed E-state index contributed by atoms with van der Waals surface area (Å²) in [7, 11) is 0. The zero-order valence-electron chi connectivity index (χ0n) is 38.6. The maximum atomic E-state index is 14.5. The molecule has 20 nitrogen and oxygen atoms in total. The van der Waals surface area contributed by atoms with Gasteiger partial charge in [0.05, 0.1) is 11.3 Å². The van der Waals surface area contributed by atoms with E-state index in [0.29, 0.717) is 16.2 Å². The monoisotopic (exact) mass is 1050 g/mol. The lowest BCUT2D eigenvalue weighted by atomic mass is 9.95. The number of nitrogens with one attached hydrogen (secondary N) is 3. The normalized spacial score (nSPS) is 17.6. The highest BCUT2D eigenvalue weighted by atomic mass is 35.6. The third-order valence-electron chi connectivity index (χ3n) is 9.59. The van der Waals surface area contributed by atoms with Crippen LogP contribution in [-0.4, -0.2) is 110 Å². The van der Waals surface area contributed by atoms with Crippen LogP contribution in [0.4, 0.5) is 24.9 Å². The van der Waals surface area contributed by atoms with Crippen molar-refractivity contribution in [1.82, 2.24) is 10.6 Å². The van der Waals surface area contributed by atoms with Crippen LogP contribution >= 0.6 is 46.6 Å². The molecule has 3 aromatic carbocycles. The molecule has 0 fully saturated rings. The van der Waals surface area contributed by atoms with Crippen LogP contribution in [0.1, 0.15) is 76.9 Å². The number of amides is 5. The number of hydrogen-bond donors (Lipinski definition) is 4. The van der Waals surface area contributed by atoms with Crippen molar-refractivity contribution in [3.05, 3.63) is 102 Å². The Morgan fingerprint density at radius 2 is 1.34 bits per heavy atom. The van der Waals surface area contributed by atoms with Gasteiger partial charge in [-0.25, -0.2) is 33.6 Å². The van der Waals surface area contributed by atoms with Crippen LogP contribution in [0.15, 0.2) is 84.9 Å². The lowest BCUT2D eigenvalue weighted by Gasteiger charge is -2.37. The highest BCUT2D eigenvalue weighted by Gasteiger charge is 2.59. The van der Waals surface area contributed by atoms with Gasteiger partial charge in [-0.3, -0.25) is 10.1 Å². The summed E-state index contributed by atoms with van der Waals surface area (Å²) < 4.78 is 36.7. The molecule has 3 aromatic rings. The topological polar surface area (TPSA) is 266 Å². The molecule has 0 saturated carbocycles. The number of benzene rings is 3. The standard InChI is InChI=1S/C46H50Cl3N5O15S/c1-44(2,3)68-38(57)30(52-42(61)69-45(4,5)6)23-64-41(60)51-28-19-17-27(18-20-28)35(67-43(62)65-24-46(47,48)49)36(56)53-37-29(22-63-40(50)59)33(54-31(55)21-32(54)70-37)39(58)66-34(25-13-9-7-10-14-25)26-15-11-8-12-16-26/h7-20,29-30,33-35,37H,21-24H2,1-6H3,(H4-,50,51,52,53,56,59,60,61)/p+1/t29?,30-,33?,35?,37?/m1/s1. The number of thioether (sulfide) groups is 1. The number of rotatable bonds is 16. The van der Waals surface area contributed by atoms with Gasteiger partial charge in [0.25, 0.3) is 11.9 Å². The highest BCUT2D eigenvalue weighted by Crippen LogP contribution is 2.38. The van der Waals surface area contributed by atoms with E-state index in [1.165, 1.54) is 28.8 Å². The molecule has 0 spiro atoms. The Balaban J connectivity index is 1.38. The van der Waals surface area contributed by atoms with E-state index in [1.807, 2.05) is 0 Å². The van der Waals surface area contributed by atoms with E-state index in [-0.39, 0.29) is 17.7 Å². The van der Waals surface area contributed by atoms with Crippen LogP contribution in [0.5, 0.6) is 0 Å². The van der Waals surface area contributed by atoms with Crippen LogP contribution in [0.25, 0.3) is 0 Å². The zero-order valence-corrected chi connectivity index (χ0v) is 41.7. The molecule has 5 rings (SSSR count). The molecule has 4 unspecified atom stereocenters. The summed E-state index contributed by atoms with van der Waals surface area (Å²) in [5.41, 5.74) is 4.81. The largest absolute Gasteiger partial charge is 0.509 e. The fourth-order valence-electron chi connectivity index (χ4n) is 6.70. The number of anilines is 1. The average Bonchev–Trinajstić information content (AvgIpc) is 3.26. The average molecular weight is 1050 g/mol. The van der Waals surface area contributed by atoms with Gasteiger partial charge in [-0.2, -0.15) is 0 Å². The summed E-state index contributed by atoms with van der Waals surface area (Å²) in [6.45, 7) is 7.65. The van der Waals surface area contributed by atoms with Gasteiger partial charge < -0.3 is 49.5 Å². The Morgan fingerprint density at radius 1 is 0.757 bits per heavy atom. The molecule has 0 saturated heterocycles. The lowest BCUT2D eigenvalue weighted by molar-refractivity contribution is -0.503. The summed E-state index contributed by atoms with van der Waals surface area (Å²) in [4.78, 5) is 105. The number of carbonyl (C=O) groups is 8. The minimum Gasteiger partial charge on any atom is -0.458 e. The van der Waals surface area contributed by atoms with Crippen LogP contribution < -0.4 is 21.7 Å². The number of esters is 2. The summed E-state index contributed by atoms with van der Waals surface area (Å²) in [6.07, 6.45) is -7.58. The van der Waals surface area contributed by atoms with Crippen molar-refractivity contribution < 1.29 is 76.1 Å². The number of alkyl carbamates (subject to hydrolysis) is 1. The second-order valence-electron chi connectivity index (χ2n) is 17.5. The molecule has 2 heterocycles. The molecule has 0 radical (unpaired) electrons. The van der Waals surface area contributed by atoms with Crippen LogP contribution in [0.2, 0.25) is 0 Å². The molecular formula is C46H51Cl3N5O15S+. The molecule has 5 amide bonds. The van der Waals surface area contributed by atoms with Crippen LogP contribution in [0.3, 0.4) is 0 Å². The Morgan fingerprint density at radius 3 is 1.87 bits per heavy atom. The van der Waals surface area contributed by atoms with Gasteiger partial charge in [-0.1, -0.05) is 108 Å². The smallest absolute Gasteiger partial charge is 0.458 e. The summed E-state index contributed by atoms with van der Waals surface area (Å²) in [6, 6.07) is 20.0. The number of hydrogen-bond acceptors (Lipinski definition) is 16. The number of nitrogens with two attached hydrogens (primary N) is 1. The first-order valence-corrected chi connectivity index (χ1v) is 23.3. The first-order valence-electron chi connectivity index (χ1n) is 21.3. The summed E-state index contributed by atoms with van der Waals surface area (Å²) in [5, 5.41) is 6.74. The van der Waals surface area contributed by atoms with Crippen molar-refractivity contribution in [2.24, 2.45) is 11.7 Å². The molecule has 0 aliphatic carbocycles. The molecule has 376 valence electrons. The molecule has 0 bridgehead atoms. The fraction of sp³-hybridized carbons (Fsp3) is 0.413. The van der Waals surface area contributed by atoms with Gasteiger partial charge in [0.2, 0.25) is 14.9 Å². The van der Waals surface area contributed by atoms with Crippen molar-refractivity contribution >= 4 is 105 Å². The first-order chi connectivity index (χ1) is 32.8. The van der Waals surface area contributed by atoms with Gasteiger partial charge in [-0.15, -0.1) is 4.58 Å². The van der Waals surface area contributed by atoms with E-state index in [2.05, 4.69) is 16.0 Å². The Labute approximate surface area is 421 Å². The van der Waals surface area contributed by atoms with Gasteiger partial charge in [0.1, 0.15) is 31.0 Å². The van der Waals surface area contributed by atoms with Gasteiger partial charge in [0.15, 0.2) is 18.6 Å². The third kappa shape index (κ3) is 16.4. The number of primary amides is 1. The quantitative estimate of drug-likeness (QED) is 0.0488. The Hall–Kier alpha value is -6.29. The predicted molar refractivity (Wildman–Crippen MR) is 254 cm³/mol. The van der Waals surface area contributed by atoms with Crippen molar-refractivity contribution in [3.8, 4) is 0 Å². The van der Waals surface area contributed by atoms with E-state index in [4.69, 9.17) is 73.7 Å². The van der Waals surface area contributed by atoms with E-state index in [9.17, 15) is 38.4 Å². The Bertz CT molecular complexity index is 2410. The van der Waals surface area contributed by atoms with Crippen molar-refractivity contribution in [2.45, 2.75) is 92.6 Å². The molecule has 5 atom stereocenters. The minimum absolute atomic E-state index is 0.00262. The number of nitrogens with zero attached hydrogens (tertiary/aromatic N) is 1. The second kappa shape index (κ2) is 23.5. The second-order valence-corrected chi connectivity index (χ2v) is 21.2. The van der Waals surface area contributed by atoms with E-state index < -0.39 is 119 Å². The molecule has 70 heavy (non-hydrogen) atoms. The molecule has 2 aliphatic heterocycles. The van der Waals surface area contributed by atoms with Crippen molar-refractivity contribution in [1.29, 1.82) is 0 Å². The molecule has 0 aromatic heterocycles. The van der Waals surface area contributed by atoms with Crippen molar-refractivity contribution in [3.63, 3.8) is 0 Å². The third-order valence-corrected chi connectivity index (χ3v) is 11.2. The summed E-state index contributed by atoms with van der Waals surface area (Å²) >= 11 is 18.3. The highest BCUT2D eigenvalue weighted by molar-refractivity contribution is 8.14. The molecule has 2 aliphatic rings. The number of alkyl halides is 3. The predicted octanol–water partition coefficient (Wildman–Crippen LogP) is 6.98. The van der Waals surface area contributed by atoms with E-state index in [1.54, 1.807) is 102 Å². The molecule has 5 N–H and O–H groups in total. The van der Waals surface area contributed by atoms with Crippen LogP contribution in [0, 0.1) is 5.92 Å². The van der Waals surface area contributed by atoms with Gasteiger partial charge >= 0.3 is 42.3 Å².